The van der Waals surface area contributed by atoms with Crippen molar-refractivity contribution in [2.24, 2.45) is 0 Å². The highest BCUT2D eigenvalue weighted by Crippen LogP contribution is 2.22. The van der Waals surface area contributed by atoms with Crippen LogP contribution in [-0.2, 0) is 22.4 Å². The molecule has 1 amide bonds. The number of nitrogens with one attached hydrogen (secondary N) is 1. The topological polar surface area (TPSA) is 72.5 Å². The van der Waals surface area contributed by atoms with Crippen molar-refractivity contribution >= 4 is 23.3 Å². The van der Waals surface area contributed by atoms with Crippen LogP contribution in [0.5, 0.6) is 0 Å². The zero-order valence-electron chi connectivity index (χ0n) is 17.7. The number of ketones is 1. The molecule has 0 aliphatic carbocycles. The Labute approximate surface area is 182 Å². The molecule has 0 bridgehead atoms. The summed E-state index contributed by atoms with van der Waals surface area (Å²) in [6.07, 6.45) is 1.55. The molecule has 0 fully saturated rings. The lowest BCUT2D eigenvalue weighted by molar-refractivity contribution is -0.119. The van der Waals surface area contributed by atoms with Gasteiger partial charge in [-0.2, -0.15) is 0 Å². The fourth-order valence-corrected chi connectivity index (χ4v) is 3.39. The van der Waals surface area contributed by atoms with E-state index in [-0.39, 0.29) is 16.9 Å². The Bertz CT molecular complexity index is 1070. The van der Waals surface area contributed by atoms with Gasteiger partial charge in [-0.15, -0.1) is 0 Å². The molecule has 0 saturated carbocycles. The van der Waals surface area contributed by atoms with E-state index in [1.807, 2.05) is 38.1 Å². The molecule has 5 heteroatoms. The normalized spacial score (nSPS) is 10.4. The maximum Gasteiger partial charge on any atom is 0.339 e. The molecule has 3 aromatic rings. The smallest absolute Gasteiger partial charge is 0.339 e. The second-order valence-corrected chi connectivity index (χ2v) is 7.02. The van der Waals surface area contributed by atoms with E-state index in [4.69, 9.17) is 4.74 Å². The Morgan fingerprint density at radius 3 is 1.94 bits per heavy atom. The predicted molar refractivity (Wildman–Crippen MR) is 120 cm³/mol. The maximum absolute atomic E-state index is 12.8. The average Bonchev–Trinajstić information content (AvgIpc) is 2.82. The van der Waals surface area contributed by atoms with Gasteiger partial charge in [0, 0.05) is 16.8 Å². The zero-order chi connectivity index (χ0) is 22.2. The van der Waals surface area contributed by atoms with Gasteiger partial charge in [0.2, 0.25) is 0 Å². The van der Waals surface area contributed by atoms with Crippen molar-refractivity contribution in [3.63, 3.8) is 0 Å². The first-order valence-electron chi connectivity index (χ1n) is 10.3. The number of para-hydroxylation sites is 1. The SMILES string of the molecule is CCc1cccc(CC)c1NC(=O)COC(=O)c1ccccc1C(=O)c1ccccc1. The van der Waals surface area contributed by atoms with Gasteiger partial charge in [0.25, 0.3) is 5.91 Å². The van der Waals surface area contributed by atoms with E-state index in [0.717, 1.165) is 29.7 Å². The molecule has 0 atom stereocenters. The van der Waals surface area contributed by atoms with E-state index in [0.29, 0.717) is 5.56 Å². The third-order valence-electron chi connectivity index (χ3n) is 5.03. The number of esters is 1. The minimum Gasteiger partial charge on any atom is -0.452 e. The first-order chi connectivity index (χ1) is 15.0. The molecular weight excluding hydrogens is 390 g/mol. The van der Waals surface area contributed by atoms with Crippen LogP contribution >= 0.6 is 0 Å². The standard InChI is InChI=1S/C26H25NO4/c1-3-18-13-10-14-19(4-2)24(18)27-23(28)17-31-26(30)22-16-9-8-15-21(22)25(29)20-11-6-5-7-12-20/h5-16H,3-4,17H2,1-2H3,(H,27,28). The molecular formula is C26H25NO4. The van der Waals surface area contributed by atoms with Crippen LogP contribution in [0.2, 0.25) is 0 Å². The summed E-state index contributed by atoms with van der Waals surface area (Å²) in [4.78, 5) is 37.9. The minimum absolute atomic E-state index is 0.132. The van der Waals surface area contributed by atoms with Gasteiger partial charge in [0.05, 0.1) is 5.56 Å². The molecule has 0 spiro atoms. The molecule has 0 aliphatic heterocycles. The maximum atomic E-state index is 12.8. The fraction of sp³-hybridized carbons (Fsp3) is 0.192. The molecule has 0 saturated heterocycles. The van der Waals surface area contributed by atoms with Gasteiger partial charge in [0.15, 0.2) is 12.4 Å². The van der Waals surface area contributed by atoms with Crippen molar-refractivity contribution in [2.45, 2.75) is 26.7 Å². The lowest BCUT2D eigenvalue weighted by atomic mass is 9.98. The molecule has 0 heterocycles. The summed E-state index contributed by atoms with van der Waals surface area (Å²) < 4.78 is 5.23. The Hall–Kier alpha value is -3.73. The van der Waals surface area contributed by atoms with Gasteiger partial charge in [-0.1, -0.05) is 80.6 Å². The van der Waals surface area contributed by atoms with Crippen molar-refractivity contribution in [1.82, 2.24) is 0 Å². The summed E-state index contributed by atoms with van der Waals surface area (Å²) >= 11 is 0. The van der Waals surface area contributed by atoms with Crippen molar-refractivity contribution < 1.29 is 19.1 Å². The molecule has 0 aromatic heterocycles. The summed E-state index contributed by atoms with van der Waals surface area (Å²) in [5, 5.41) is 2.87. The molecule has 158 valence electrons. The molecule has 3 aromatic carbocycles. The van der Waals surface area contributed by atoms with Crippen molar-refractivity contribution in [3.8, 4) is 0 Å². The highest BCUT2D eigenvalue weighted by atomic mass is 16.5. The highest BCUT2D eigenvalue weighted by Gasteiger charge is 2.20. The lowest BCUT2D eigenvalue weighted by Gasteiger charge is -2.14. The third-order valence-corrected chi connectivity index (χ3v) is 5.03. The van der Waals surface area contributed by atoms with Crippen LogP contribution in [0.1, 0.15) is 51.3 Å². The number of carbonyl (C=O) groups is 3. The first kappa shape index (κ1) is 22.0. The summed E-state index contributed by atoms with van der Waals surface area (Å²) in [5.41, 5.74) is 3.67. The van der Waals surface area contributed by atoms with Crippen LogP contribution in [0.3, 0.4) is 0 Å². The first-order valence-corrected chi connectivity index (χ1v) is 10.3. The number of ether oxygens (including phenoxy) is 1. The van der Waals surface area contributed by atoms with Gasteiger partial charge in [0.1, 0.15) is 0 Å². The molecule has 31 heavy (non-hydrogen) atoms. The van der Waals surface area contributed by atoms with Crippen LogP contribution in [0.15, 0.2) is 72.8 Å². The van der Waals surface area contributed by atoms with E-state index >= 15 is 0 Å². The molecule has 3 rings (SSSR count). The number of aryl methyl sites for hydroxylation is 2. The summed E-state index contributed by atoms with van der Waals surface area (Å²) in [6, 6.07) is 21.1. The van der Waals surface area contributed by atoms with Crippen molar-refractivity contribution in [1.29, 1.82) is 0 Å². The van der Waals surface area contributed by atoms with Crippen LogP contribution in [-0.4, -0.2) is 24.3 Å². The number of hydrogen-bond acceptors (Lipinski definition) is 4. The Balaban J connectivity index is 1.71. The van der Waals surface area contributed by atoms with E-state index < -0.39 is 18.5 Å². The van der Waals surface area contributed by atoms with Crippen LogP contribution in [0, 0.1) is 0 Å². The number of carbonyl (C=O) groups excluding carboxylic acids is 3. The van der Waals surface area contributed by atoms with E-state index in [1.54, 1.807) is 42.5 Å². The van der Waals surface area contributed by atoms with E-state index in [2.05, 4.69) is 5.32 Å². The molecule has 1 N–H and O–H groups in total. The summed E-state index contributed by atoms with van der Waals surface area (Å²) in [7, 11) is 0. The second-order valence-electron chi connectivity index (χ2n) is 7.02. The van der Waals surface area contributed by atoms with Gasteiger partial charge in [-0.25, -0.2) is 4.79 Å². The number of benzene rings is 3. The molecule has 0 unspecified atom stereocenters. The van der Waals surface area contributed by atoms with Crippen LogP contribution in [0.25, 0.3) is 0 Å². The van der Waals surface area contributed by atoms with E-state index in [1.165, 1.54) is 6.07 Å². The highest BCUT2D eigenvalue weighted by molar-refractivity contribution is 6.14. The van der Waals surface area contributed by atoms with Crippen LogP contribution < -0.4 is 5.32 Å². The van der Waals surface area contributed by atoms with Gasteiger partial charge < -0.3 is 10.1 Å². The number of amides is 1. The van der Waals surface area contributed by atoms with Gasteiger partial charge in [-0.05, 0) is 30.0 Å². The van der Waals surface area contributed by atoms with Crippen molar-refractivity contribution in [3.05, 3.63) is 101 Å². The lowest BCUT2D eigenvalue weighted by Crippen LogP contribution is -2.23. The number of rotatable bonds is 8. The van der Waals surface area contributed by atoms with E-state index in [9.17, 15) is 14.4 Å². The Morgan fingerprint density at radius 1 is 0.742 bits per heavy atom. The minimum atomic E-state index is -0.713. The fourth-order valence-electron chi connectivity index (χ4n) is 3.39. The molecule has 0 radical (unpaired) electrons. The predicted octanol–water partition coefficient (Wildman–Crippen LogP) is 4.84. The number of anilines is 1. The summed E-state index contributed by atoms with van der Waals surface area (Å²) in [6.45, 7) is 3.60. The number of hydrogen-bond donors (Lipinski definition) is 1. The molecule has 0 aliphatic rings. The van der Waals surface area contributed by atoms with Crippen molar-refractivity contribution in [2.75, 3.05) is 11.9 Å². The zero-order valence-corrected chi connectivity index (χ0v) is 17.7. The van der Waals surface area contributed by atoms with Gasteiger partial charge in [-0.3, -0.25) is 9.59 Å². The van der Waals surface area contributed by atoms with Crippen LogP contribution in [0.4, 0.5) is 5.69 Å². The Kier molecular flexibility index (Phi) is 7.33. The average molecular weight is 415 g/mol. The Morgan fingerprint density at radius 2 is 1.32 bits per heavy atom. The largest absolute Gasteiger partial charge is 0.452 e. The molecule has 5 nitrogen and oxygen atoms in total. The second kappa shape index (κ2) is 10.3. The third kappa shape index (κ3) is 5.25. The van der Waals surface area contributed by atoms with Gasteiger partial charge >= 0.3 is 5.97 Å². The monoisotopic (exact) mass is 415 g/mol. The quantitative estimate of drug-likeness (QED) is 0.422. The summed E-state index contributed by atoms with van der Waals surface area (Å²) in [5.74, 6) is -1.41.